The quantitative estimate of drug-likeness (QED) is 0.138. The highest BCUT2D eigenvalue weighted by Crippen LogP contribution is 2.41. The zero-order chi connectivity index (χ0) is 31.3. The van der Waals surface area contributed by atoms with E-state index in [4.69, 9.17) is 28.4 Å². The molecule has 0 saturated carbocycles. The first-order chi connectivity index (χ1) is 19.9. The first-order valence-electron chi connectivity index (χ1n) is 14.9. The molecule has 0 bridgehead atoms. The molecule has 0 aromatic heterocycles. The van der Waals surface area contributed by atoms with Gasteiger partial charge in [-0.3, -0.25) is 9.59 Å². The minimum Gasteiger partial charge on any atom is -0.435 e. The second-order valence-corrected chi connectivity index (χ2v) is 11.9. The van der Waals surface area contributed by atoms with Crippen molar-refractivity contribution in [3.63, 3.8) is 0 Å². The van der Waals surface area contributed by atoms with E-state index in [-0.39, 0.29) is 35.6 Å². The van der Waals surface area contributed by atoms with E-state index in [0.717, 1.165) is 6.42 Å². The molecule has 3 fully saturated rings. The third kappa shape index (κ3) is 7.19. The summed E-state index contributed by atoms with van der Waals surface area (Å²) in [6.07, 6.45) is -4.18. The summed E-state index contributed by atoms with van der Waals surface area (Å²) in [5, 5.41) is 7.86. The van der Waals surface area contributed by atoms with E-state index in [1.165, 1.54) is 13.8 Å². The summed E-state index contributed by atoms with van der Waals surface area (Å²) in [6, 6.07) is -1.38. The first-order valence-corrected chi connectivity index (χ1v) is 14.9. The van der Waals surface area contributed by atoms with Crippen molar-refractivity contribution in [2.75, 3.05) is 0 Å². The first kappa shape index (κ1) is 34.1. The highest BCUT2D eigenvalue weighted by atomic mass is 16.7. The maximum Gasteiger partial charge on any atom is 0.304 e. The van der Waals surface area contributed by atoms with Gasteiger partial charge in [-0.2, -0.15) is 0 Å². The van der Waals surface area contributed by atoms with Crippen LogP contribution in [0.2, 0.25) is 0 Å². The van der Waals surface area contributed by atoms with Crippen LogP contribution < -0.4 is 0 Å². The molecule has 14 nitrogen and oxygen atoms in total. The fourth-order valence-corrected chi connectivity index (χ4v) is 6.36. The summed E-state index contributed by atoms with van der Waals surface area (Å²) in [5.41, 5.74) is 18.4. The van der Waals surface area contributed by atoms with Crippen molar-refractivity contribution >= 4 is 11.8 Å². The molecule has 0 aromatic rings. The number of ether oxygens (including phenoxy) is 6. The van der Waals surface area contributed by atoms with E-state index in [0.29, 0.717) is 6.42 Å². The minimum absolute atomic E-state index is 0.00675. The molecule has 3 heterocycles. The summed E-state index contributed by atoms with van der Waals surface area (Å²) < 4.78 is 37.0. The van der Waals surface area contributed by atoms with Crippen LogP contribution in [0.3, 0.4) is 0 Å². The van der Waals surface area contributed by atoms with E-state index in [2.05, 4.69) is 27.0 Å². The van der Waals surface area contributed by atoms with E-state index in [1.54, 1.807) is 0 Å². The van der Waals surface area contributed by atoms with Gasteiger partial charge in [0.1, 0.15) is 12.1 Å². The molecule has 14 heteroatoms. The van der Waals surface area contributed by atoms with Gasteiger partial charge in [-0.1, -0.05) is 58.7 Å². The van der Waals surface area contributed by atoms with E-state index in [1.807, 2.05) is 41.5 Å². The molecule has 3 rings (SSSR count). The Hall–Kier alpha value is -2.44. The van der Waals surface area contributed by atoms with Crippen LogP contribution in [0.5, 0.6) is 0 Å². The van der Waals surface area contributed by atoms with Crippen molar-refractivity contribution in [2.45, 2.75) is 137 Å². The number of hydrogen-bond donors (Lipinski definition) is 0. The fraction of sp³-hybridized carbons (Fsp3) is 0.929. The van der Waals surface area contributed by atoms with Gasteiger partial charge in [-0.05, 0) is 54.5 Å². The number of carbonyl (C=O) groups is 2. The average molecular weight is 595 g/mol. The number of hydrogen-bond acceptors (Lipinski definition) is 10. The van der Waals surface area contributed by atoms with Crippen molar-refractivity contribution in [1.82, 2.24) is 0 Å². The highest BCUT2D eigenvalue weighted by molar-refractivity contribution is 5.81. The van der Waals surface area contributed by atoms with Gasteiger partial charge in [0.15, 0.2) is 18.4 Å². The van der Waals surface area contributed by atoms with Crippen LogP contribution in [0.1, 0.15) is 75.2 Å². The van der Waals surface area contributed by atoms with Crippen LogP contribution in [0.25, 0.3) is 20.9 Å². The molecule has 236 valence electrons. The van der Waals surface area contributed by atoms with Crippen LogP contribution in [-0.2, 0) is 38.0 Å². The Morgan fingerprint density at radius 1 is 0.690 bits per heavy atom. The Morgan fingerprint density at radius 3 is 1.76 bits per heavy atom. The van der Waals surface area contributed by atoms with Gasteiger partial charge < -0.3 is 28.4 Å². The lowest BCUT2D eigenvalue weighted by Crippen LogP contribution is -2.60. The second-order valence-electron chi connectivity index (χ2n) is 11.9. The average Bonchev–Trinajstić information content (AvgIpc) is 2.94. The Balaban J connectivity index is 1.84. The van der Waals surface area contributed by atoms with Gasteiger partial charge in [-0.15, -0.1) is 0 Å². The SMILES string of the molecule is CCC1O[C@@H](OC(C)=O)C(N=[N+]=[N-])[C@@H](C)[C@@H]1O[C@@H]1O[C@@H](C(C)=O)[C@@H](O[C@H]2O[C@@H](CC)[C@@H](C)[C@H](C)C2N=[N+]=[N-])[C@H](C)C1C. The van der Waals surface area contributed by atoms with Crippen LogP contribution in [0, 0.1) is 29.6 Å². The lowest BCUT2D eigenvalue weighted by molar-refractivity contribution is -0.333. The highest BCUT2D eigenvalue weighted by Gasteiger charge is 2.52. The van der Waals surface area contributed by atoms with Gasteiger partial charge in [0.05, 0.1) is 30.5 Å². The number of ketones is 1. The third-order valence-electron chi connectivity index (χ3n) is 9.35. The Bertz CT molecular complexity index is 1050. The van der Waals surface area contributed by atoms with Gasteiger partial charge in [-0.25, -0.2) is 0 Å². The maximum atomic E-state index is 12.9. The van der Waals surface area contributed by atoms with Gasteiger partial charge in [0.2, 0.25) is 6.29 Å². The summed E-state index contributed by atoms with van der Waals surface area (Å²) in [4.78, 5) is 30.6. The van der Waals surface area contributed by atoms with Crippen molar-refractivity contribution in [1.29, 1.82) is 0 Å². The summed E-state index contributed by atoms with van der Waals surface area (Å²) in [6.45, 7) is 16.5. The number of carbonyl (C=O) groups excluding carboxylic acids is 2. The van der Waals surface area contributed by atoms with Crippen molar-refractivity contribution in [3.8, 4) is 0 Å². The lowest BCUT2D eigenvalue weighted by Gasteiger charge is -2.50. The van der Waals surface area contributed by atoms with Crippen LogP contribution in [-0.4, -0.2) is 73.2 Å². The molecule has 3 aliphatic rings. The number of esters is 1. The fourth-order valence-electron chi connectivity index (χ4n) is 6.36. The smallest absolute Gasteiger partial charge is 0.304 e. The normalized spacial score (nSPS) is 43.9. The number of azide groups is 2. The molecule has 15 atom stereocenters. The van der Waals surface area contributed by atoms with E-state index >= 15 is 0 Å². The second kappa shape index (κ2) is 14.8. The Morgan fingerprint density at radius 2 is 1.24 bits per heavy atom. The Labute approximate surface area is 247 Å². The molecule has 42 heavy (non-hydrogen) atoms. The third-order valence-corrected chi connectivity index (χ3v) is 9.35. The number of nitrogens with zero attached hydrogens (tertiary/aromatic N) is 6. The van der Waals surface area contributed by atoms with Crippen LogP contribution in [0.15, 0.2) is 10.2 Å². The van der Waals surface area contributed by atoms with Crippen molar-refractivity contribution < 1.29 is 38.0 Å². The molecule has 0 spiro atoms. The molecule has 0 aromatic carbocycles. The van der Waals surface area contributed by atoms with E-state index in [9.17, 15) is 20.7 Å². The van der Waals surface area contributed by atoms with Crippen LogP contribution in [0.4, 0.5) is 0 Å². The molecule has 3 aliphatic heterocycles. The minimum atomic E-state index is -1.04. The van der Waals surface area contributed by atoms with Gasteiger partial charge in [0.25, 0.3) is 0 Å². The lowest BCUT2D eigenvalue weighted by atomic mass is 9.80. The molecule has 0 radical (unpaired) electrons. The number of rotatable bonds is 10. The predicted octanol–water partition coefficient (Wildman–Crippen LogP) is 5.44. The molecular weight excluding hydrogens is 548 g/mol. The summed E-state index contributed by atoms with van der Waals surface area (Å²) >= 11 is 0. The molecule has 0 aliphatic carbocycles. The van der Waals surface area contributed by atoms with E-state index < -0.39 is 67.3 Å². The molecular formula is C28H46N6O8. The molecule has 3 saturated heterocycles. The number of Topliss-reactive ketones (excluding diaryl/α,β-unsaturated/α-hetero) is 1. The summed E-state index contributed by atoms with van der Waals surface area (Å²) in [7, 11) is 0. The van der Waals surface area contributed by atoms with Gasteiger partial charge in [0, 0.05) is 22.7 Å². The monoisotopic (exact) mass is 594 g/mol. The van der Waals surface area contributed by atoms with Crippen molar-refractivity contribution in [3.05, 3.63) is 20.9 Å². The summed E-state index contributed by atoms with van der Waals surface area (Å²) in [5.74, 6) is -1.47. The van der Waals surface area contributed by atoms with Crippen molar-refractivity contribution in [2.24, 2.45) is 39.8 Å². The molecule has 0 N–H and O–H groups in total. The standard InChI is InChI=1S/C28H46N6O8/c1-10-19-12(3)13(4)21(31-33-29)28(38-19)41-24-14(5)15(6)26(42-25(24)17(8)35)40-23-16(7)22(32-34-30)27(37-18(9)36)39-20(23)11-2/h12-16,19-28H,10-11H2,1-9H3/t12-,13-,14+,15?,16+,19-,20?,21?,22?,23-,24-,25-,26+,27+,28+/m0/s1. The van der Waals surface area contributed by atoms with Gasteiger partial charge >= 0.3 is 5.97 Å². The topological polar surface area (TPSA) is 187 Å². The van der Waals surface area contributed by atoms with Crippen LogP contribution >= 0.6 is 0 Å². The molecule has 4 unspecified atom stereocenters. The zero-order valence-corrected chi connectivity index (χ0v) is 26.0. The molecule has 0 amide bonds. The predicted molar refractivity (Wildman–Crippen MR) is 150 cm³/mol. The maximum absolute atomic E-state index is 12.9. The zero-order valence-electron chi connectivity index (χ0n) is 26.0. The Kier molecular flexibility index (Phi) is 12.0. The largest absolute Gasteiger partial charge is 0.435 e.